The van der Waals surface area contributed by atoms with Crippen LogP contribution in [0.25, 0.3) is 10.9 Å². The first-order valence-corrected chi connectivity index (χ1v) is 18.8. The van der Waals surface area contributed by atoms with Gasteiger partial charge in [-0.1, -0.05) is 80.8 Å². The summed E-state index contributed by atoms with van der Waals surface area (Å²) < 4.78 is 6.14. The Morgan fingerprint density at radius 2 is 1.62 bits per heavy atom. The minimum atomic E-state index is -1.34. The van der Waals surface area contributed by atoms with E-state index in [1.54, 1.807) is 25.1 Å². The molecule has 2 heterocycles. The number of nitrogens with two attached hydrogens (primary N) is 1. The summed E-state index contributed by atoms with van der Waals surface area (Å²) >= 11 is 0. The third kappa shape index (κ3) is 11.1. The molecule has 0 unspecified atom stereocenters. The number of pyridine rings is 1. The molecule has 5 N–H and O–H groups in total. The third-order valence-electron chi connectivity index (χ3n) is 10.2. The normalized spacial score (nSPS) is 20.6. The molecular weight excluding hydrogens is 672 g/mol. The number of primary amides is 1. The lowest BCUT2D eigenvalue weighted by Gasteiger charge is -2.47. The van der Waals surface area contributed by atoms with E-state index in [0.717, 1.165) is 36.6 Å². The Bertz CT molecular complexity index is 1760. The van der Waals surface area contributed by atoms with Crippen LogP contribution in [0.5, 0.6) is 0 Å². The summed E-state index contributed by atoms with van der Waals surface area (Å²) in [5.41, 5.74) is 6.70. The van der Waals surface area contributed by atoms with Crippen molar-refractivity contribution in [3.05, 3.63) is 78.0 Å². The van der Waals surface area contributed by atoms with E-state index in [-0.39, 0.29) is 31.0 Å². The summed E-state index contributed by atoms with van der Waals surface area (Å²) in [6.45, 7) is 8.43. The molecule has 0 bridgehead atoms. The van der Waals surface area contributed by atoms with Gasteiger partial charge < -0.3 is 26.4 Å². The molecule has 284 valence electrons. The molecule has 2 aromatic carbocycles. The summed E-state index contributed by atoms with van der Waals surface area (Å²) in [5.74, 6) is -1.77. The number of nitrogens with zero attached hydrogens (tertiary/aromatic N) is 2. The van der Waals surface area contributed by atoms with E-state index in [1.807, 2.05) is 69.3 Å². The van der Waals surface area contributed by atoms with E-state index >= 15 is 0 Å². The molecule has 53 heavy (non-hydrogen) atoms. The maximum atomic E-state index is 14.2. The lowest BCUT2D eigenvalue weighted by Crippen LogP contribution is -2.61. The molecule has 12 nitrogen and oxygen atoms in total. The van der Waals surface area contributed by atoms with E-state index in [0.29, 0.717) is 30.3 Å². The number of carbonyl (C=O) groups is 5. The van der Waals surface area contributed by atoms with Crippen molar-refractivity contribution >= 4 is 40.5 Å². The maximum absolute atomic E-state index is 14.2. The van der Waals surface area contributed by atoms with Gasteiger partial charge in [-0.05, 0) is 69.6 Å². The predicted molar refractivity (Wildman–Crippen MR) is 202 cm³/mol. The number of hydrogen-bond donors (Lipinski definition) is 4. The Labute approximate surface area is 312 Å². The summed E-state index contributed by atoms with van der Waals surface area (Å²) in [6.07, 6.45) is 4.19. The number of para-hydroxylation sites is 1. The van der Waals surface area contributed by atoms with Gasteiger partial charge in [0, 0.05) is 30.4 Å². The molecular formula is C41H54N6O6. The number of hydrogen-bond acceptors (Lipinski definition) is 8. The number of carbonyl (C=O) groups excluding carboxylic acids is 5. The van der Waals surface area contributed by atoms with Crippen LogP contribution >= 0.6 is 0 Å². The Morgan fingerprint density at radius 3 is 2.32 bits per heavy atom. The number of ether oxygens (including phenoxy) is 1. The molecule has 12 heteroatoms. The van der Waals surface area contributed by atoms with E-state index < -0.39 is 59.9 Å². The second-order valence-corrected chi connectivity index (χ2v) is 15.5. The molecule has 1 saturated carbocycles. The third-order valence-corrected chi connectivity index (χ3v) is 10.2. The Morgan fingerprint density at radius 1 is 0.925 bits per heavy atom. The zero-order valence-electron chi connectivity index (χ0n) is 31.3. The van der Waals surface area contributed by atoms with Gasteiger partial charge in [-0.25, -0.2) is 4.98 Å². The monoisotopic (exact) mass is 726 g/mol. The van der Waals surface area contributed by atoms with Gasteiger partial charge in [-0.15, -0.1) is 0 Å². The summed E-state index contributed by atoms with van der Waals surface area (Å²) in [6, 6.07) is 17.6. The molecule has 1 saturated heterocycles. The molecule has 1 aliphatic heterocycles. The fraction of sp³-hybridized carbons (Fsp3) is 0.512. The number of aromatic nitrogens is 1. The molecule has 2 fully saturated rings. The van der Waals surface area contributed by atoms with Gasteiger partial charge in [0.25, 0.3) is 5.91 Å². The molecule has 3 aromatic rings. The highest BCUT2D eigenvalue weighted by atomic mass is 16.5. The van der Waals surface area contributed by atoms with Gasteiger partial charge in [-0.2, -0.15) is 0 Å². The van der Waals surface area contributed by atoms with Gasteiger partial charge >= 0.3 is 5.97 Å². The quantitative estimate of drug-likeness (QED) is 0.180. The topological polar surface area (TPSA) is 173 Å². The Balaban J connectivity index is 1.44. The average molecular weight is 727 g/mol. The molecule has 6 atom stereocenters. The number of nitrogens with one attached hydrogen (secondary N) is 3. The zero-order chi connectivity index (χ0) is 38.1. The minimum absolute atomic E-state index is 0.0720. The standard InChI is InChI=1S/C41H54N6O6/c1-5-37(49)53-35(25-47-24-29-17-10-9-16-28(29)22-34(47)40(52)46-41(2,3)4)32(21-26-13-7-6-8-14-26)44-39(51)33(23-36(42)48)45-38(50)31-20-19-27-15-11-12-18-30(27)43-31/h6-8,11-15,18-20,28-29,32-35H,5,9-10,16-17,21-25H2,1-4H3,(H2,42,48)(H,44,51)(H,45,50)(H,46,52)/t28-,29+,32-,33-,34-,35+/m0/s1. The van der Waals surface area contributed by atoms with Crippen molar-refractivity contribution in [1.29, 1.82) is 0 Å². The van der Waals surface area contributed by atoms with E-state index in [4.69, 9.17) is 10.5 Å². The lowest BCUT2D eigenvalue weighted by molar-refractivity contribution is -0.154. The van der Waals surface area contributed by atoms with Crippen LogP contribution < -0.4 is 21.7 Å². The first kappa shape index (κ1) is 39.4. The van der Waals surface area contributed by atoms with Crippen molar-refractivity contribution in [2.75, 3.05) is 13.1 Å². The summed E-state index contributed by atoms with van der Waals surface area (Å²) in [7, 11) is 0. The van der Waals surface area contributed by atoms with Crippen LogP contribution in [0.15, 0.2) is 66.7 Å². The number of amides is 4. The van der Waals surface area contributed by atoms with Crippen LogP contribution in [0.2, 0.25) is 0 Å². The van der Waals surface area contributed by atoms with Gasteiger partial charge in [-0.3, -0.25) is 28.9 Å². The molecule has 0 radical (unpaired) electrons. The zero-order valence-corrected chi connectivity index (χ0v) is 31.3. The van der Waals surface area contributed by atoms with E-state index in [2.05, 4.69) is 25.8 Å². The molecule has 1 aliphatic carbocycles. The van der Waals surface area contributed by atoms with Crippen molar-refractivity contribution in [2.24, 2.45) is 17.6 Å². The van der Waals surface area contributed by atoms with Crippen molar-refractivity contribution < 1.29 is 28.7 Å². The first-order chi connectivity index (χ1) is 25.3. The Kier molecular flexibility index (Phi) is 13.2. The fourth-order valence-electron chi connectivity index (χ4n) is 7.62. The van der Waals surface area contributed by atoms with Crippen LogP contribution in [0.3, 0.4) is 0 Å². The number of piperidine rings is 1. The van der Waals surface area contributed by atoms with Crippen LogP contribution in [0, 0.1) is 11.8 Å². The van der Waals surface area contributed by atoms with Gasteiger partial charge in [0.15, 0.2) is 0 Å². The first-order valence-electron chi connectivity index (χ1n) is 18.8. The number of rotatable bonds is 14. The predicted octanol–water partition coefficient (Wildman–Crippen LogP) is 4.05. The second kappa shape index (κ2) is 17.8. The summed E-state index contributed by atoms with van der Waals surface area (Å²) in [4.78, 5) is 73.3. The highest BCUT2D eigenvalue weighted by Gasteiger charge is 2.43. The number of likely N-dealkylation sites (tertiary alicyclic amines) is 1. The van der Waals surface area contributed by atoms with E-state index in [9.17, 15) is 24.0 Å². The number of benzene rings is 2. The van der Waals surface area contributed by atoms with Crippen LogP contribution in [0.1, 0.15) is 88.7 Å². The van der Waals surface area contributed by atoms with Gasteiger partial charge in [0.1, 0.15) is 17.8 Å². The highest BCUT2D eigenvalue weighted by Crippen LogP contribution is 2.39. The van der Waals surface area contributed by atoms with Gasteiger partial charge in [0.2, 0.25) is 17.7 Å². The molecule has 1 aromatic heterocycles. The smallest absolute Gasteiger partial charge is 0.305 e. The molecule has 2 aliphatic rings. The molecule has 5 rings (SSSR count). The largest absolute Gasteiger partial charge is 0.459 e. The maximum Gasteiger partial charge on any atom is 0.305 e. The van der Waals surface area contributed by atoms with Crippen molar-refractivity contribution in [3.63, 3.8) is 0 Å². The van der Waals surface area contributed by atoms with Crippen LogP contribution in [-0.4, -0.2) is 82.3 Å². The van der Waals surface area contributed by atoms with Gasteiger partial charge in [0.05, 0.1) is 24.0 Å². The number of fused-ring (bicyclic) bond motifs is 2. The minimum Gasteiger partial charge on any atom is -0.459 e. The highest BCUT2D eigenvalue weighted by molar-refractivity contribution is 5.99. The van der Waals surface area contributed by atoms with Crippen molar-refractivity contribution in [2.45, 2.75) is 109 Å². The van der Waals surface area contributed by atoms with Crippen molar-refractivity contribution in [1.82, 2.24) is 25.8 Å². The molecule has 0 spiro atoms. The van der Waals surface area contributed by atoms with Crippen LogP contribution in [-0.2, 0) is 30.3 Å². The molecule has 4 amide bonds. The average Bonchev–Trinajstić information content (AvgIpc) is 3.12. The van der Waals surface area contributed by atoms with Crippen molar-refractivity contribution in [3.8, 4) is 0 Å². The van der Waals surface area contributed by atoms with Crippen LogP contribution in [0.4, 0.5) is 0 Å². The number of esters is 1. The SMILES string of the molecule is CCC(=O)O[C@H](CN1C[C@H]2CCCC[C@H]2C[C@H]1C(=O)NC(C)(C)C)[C@H](Cc1ccccc1)NC(=O)[C@H](CC(N)=O)NC(=O)c1ccc2ccccc2n1. The Hall–Kier alpha value is -4.84. The second-order valence-electron chi connectivity index (χ2n) is 15.5. The fourth-order valence-corrected chi connectivity index (χ4v) is 7.62. The lowest BCUT2D eigenvalue weighted by atomic mass is 9.72. The van der Waals surface area contributed by atoms with E-state index in [1.165, 1.54) is 0 Å². The summed E-state index contributed by atoms with van der Waals surface area (Å²) in [5, 5.41) is 9.70.